The van der Waals surface area contributed by atoms with Gasteiger partial charge in [0.05, 0.1) is 0 Å². The first-order valence-electron chi connectivity index (χ1n) is 7.57. The largest absolute Gasteiger partial charge is 0.314 e. The molecule has 3 rings (SSSR count). The van der Waals surface area contributed by atoms with Crippen LogP contribution in [-0.2, 0) is 0 Å². The van der Waals surface area contributed by atoms with Crippen molar-refractivity contribution in [2.45, 2.75) is 32.2 Å². The molecule has 1 aromatic rings. The highest BCUT2D eigenvalue weighted by Crippen LogP contribution is 2.42. The molecule has 1 aliphatic heterocycles. The number of hydrogen-bond acceptors (Lipinski definition) is 2. The summed E-state index contributed by atoms with van der Waals surface area (Å²) in [6.45, 7) is 5.30. The van der Waals surface area contributed by atoms with Crippen molar-refractivity contribution >= 4 is 24.8 Å². The predicted octanol–water partition coefficient (Wildman–Crippen LogP) is 3.86. The molecular weight excluding hydrogens is 329 g/mol. The minimum Gasteiger partial charge on any atom is -0.314 e. The molecule has 1 aliphatic carbocycles. The van der Waals surface area contributed by atoms with E-state index < -0.39 is 11.6 Å². The van der Waals surface area contributed by atoms with E-state index in [0.29, 0.717) is 17.0 Å². The van der Waals surface area contributed by atoms with E-state index in [1.807, 2.05) is 0 Å². The predicted molar refractivity (Wildman–Crippen MR) is 90.1 cm³/mol. The lowest BCUT2D eigenvalue weighted by Crippen LogP contribution is -2.48. The molecule has 1 atom stereocenters. The van der Waals surface area contributed by atoms with Gasteiger partial charge >= 0.3 is 0 Å². The van der Waals surface area contributed by atoms with Crippen LogP contribution in [0.1, 0.15) is 36.4 Å². The second kappa shape index (κ2) is 8.44. The molecule has 0 amide bonds. The molecule has 0 bridgehead atoms. The molecule has 0 unspecified atom stereocenters. The van der Waals surface area contributed by atoms with E-state index in [1.54, 1.807) is 19.1 Å². The number of hydrogen-bond donors (Lipinski definition) is 1. The van der Waals surface area contributed by atoms with Crippen LogP contribution in [0.3, 0.4) is 0 Å². The zero-order valence-electron chi connectivity index (χ0n) is 12.8. The summed E-state index contributed by atoms with van der Waals surface area (Å²) in [6, 6.07) is 3.54. The van der Waals surface area contributed by atoms with Crippen molar-refractivity contribution in [3.05, 3.63) is 34.9 Å². The summed E-state index contributed by atoms with van der Waals surface area (Å²) in [5.41, 5.74) is 0.943. The average Bonchev–Trinajstić information content (AvgIpc) is 2.42. The van der Waals surface area contributed by atoms with Gasteiger partial charge in [-0.25, -0.2) is 8.78 Å². The topological polar surface area (TPSA) is 15.3 Å². The number of aryl methyl sites for hydroxylation is 1. The highest BCUT2D eigenvalue weighted by atomic mass is 35.5. The van der Waals surface area contributed by atoms with Gasteiger partial charge in [0.1, 0.15) is 0 Å². The average molecular weight is 353 g/mol. The minimum absolute atomic E-state index is 0. The minimum atomic E-state index is -0.679. The maximum atomic E-state index is 14.4. The van der Waals surface area contributed by atoms with Crippen LogP contribution < -0.4 is 5.32 Å². The molecule has 1 aromatic carbocycles. The fourth-order valence-corrected chi connectivity index (χ4v) is 3.35. The van der Waals surface area contributed by atoms with Gasteiger partial charge in [0.15, 0.2) is 11.6 Å². The lowest BCUT2D eigenvalue weighted by atomic mass is 9.76. The summed E-state index contributed by atoms with van der Waals surface area (Å²) in [5, 5.41) is 3.32. The molecule has 2 nitrogen and oxygen atoms in total. The van der Waals surface area contributed by atoms with Crippen molar-refractivity contribution in [1.82, 2.24) is 10.2 Å². The number of nitrogens with zero attached hydrogens (tertiary/aromatic N) is 1. The third kappa shape index (κ3) is 3.73. The van der Waals surface area contributed by atoms with Crippen LogP contribution in [0.25, 0.3) is 0 Å². The van der Waals surface area contributed by atoms with Crippen LogP contribution in [0.4, 0.5) is 8.78 Å². The van der Waals surface area contributed by atoms with Gasteiger partial charge in [-0.2, -0.15) is 0 Å². The molecule has 2 aliphatic rings. The summed E-state index contributed by atoms with van der Waals surface area (Å²) < 4.78 is 28.3. The van der Waals surface area contributed by atoms with E-state index in [9.17, 15) is 8.78 Å². The smallest absolute Gasteiger partial charge is 0.163 e. The van der Waals surface area contributed by atoms with Crippen molar-refractivity contribution in [1.29, 1.82) is 0 Å². The highest BCUT2D eigenvalue weighted by Gasteiger charge is 2.35. The van der Waals surface area contributed by atoms with E-state index >= 15 is 0 Å². The molecule has 1 N–H and O–H groups in total. The Labute approximate surface area is 143 Å². The summed E-state index contributed by atoms with van der Waals surface area (Å²) in [4.78, 5) is 2.33. The van der Waals surface area contributed by atoms with Crippen LogP contribution in [0.2, 0.25) is 0 Å². The molecule has 0 spiro atoms. The fourth-order valence-electron chi connectivity index (χ4n) is 3.35. The Morgan fingerprint density at radius 1 is 1.09 bits per heavy atom. The molecule has 0 aromatic heterocycles. The molecule has 126 valence electrons. The zero-order valence-corrected chi connectivity index (χ0v) is 14.4. The molecule has 6 heteroatoms. The fraction of sp³-hybridized carbons (Fsp3) is 0.625. The lowest BCUT2D eigenvalue weighted by Gasteiger charge is -2.43. The maximum Gasteiger partial charge on any atom is 0.163 e. The number of benzene rings is 1. The van der Waals surface area contributed by atoms with Gasteiger partial charge in [-0.15, -0.1) is 24.8 Å². The van der Waals surface area contributed by atoms with Crippen LogP contribution in [0.5, 0.6) is 0 Å². The highest BCUT2D eigenvalue weighted by molar-refractivity contribution is 5.85. The standard InChI is InChI=1S/C16H22F2N2.2ClH/c1-11-5-6-13(15(18)14(11)17)16(12-3-2-4-12)20-9-7-19-8-10-20;;/h5-6,12,16,19H,2-4,7-10H2,1H3;2*1H/t16-;;/m1../s1. The summed E-state index contributed by atoms with van der Waals surface area (Å²) in [5.74, 6) is -0.841. The van der Waals surface area contributed by atoms with Gasteiger partial charge in [-0.3, -0.25) is 4.90 Å². The first kappa shape index (κ1) is 19.6. The number of nitrogens with one attached hydrogen (secondary N) is 1. The molecule has 1 saturated heterocycles. The second-order valence-corrected chi connectivity index (χ2v) is 6.02. The third-order valence-electron chi connectivity index (χ3n) is 4.77. The van der Waals surface area contributed by atoms with Crippen molar-refractivity contribution in [2.75, 3.05) is 26.2 Å². The van der Waals surface area contributed by atoms with Gasteiger partial charge < -0.3 is 5.32 Å². The van der Waals surface area contributed by atoms with Gasteiger partial charge in [0.25, 0.3) is 0 Å². The van der Waals surface area contributed by atoms with Gasteiger partial charge in [-0.05, 0) is 31.2 Å². The quantitative estimate of drug-likeness (QED) is 0.888. The Morgan fingerprint density at radius 3 is 2.27 bits per heavy atom. The summed E-state index contributed by atoms with van der Waals surface area (Å²) in [6.07, 6.45) is 3.47. The van der Waals surface area contributed by atoms with Crippen molar-refractivity contribution in [3.63, 3.8) is 0 Å². The molecular formula is C16H24Cl2F2N2. The van der Waals surface area contributed by atoms with Crippen LogP contribution in [0, 0.1) is 24.5 Å². The van der Waals surface area contributed by atoms with E-state index in [2.05, 4.69) is 10.2 Å². The second-order valence-electron chi connectivity index (χ2n) is 6.02. The van der Waals surface area contributed by atoms with Gasteiger partial charge in [-0.1, -0.05) is 18.6 Å². The first-order valence-corrected chi connectivity index (χ1v) is 7.57. The number of rotatable bonds is 3. The SMILES string of the molecule is Cc1ccc([C@@H](C2CCC2)N2CCNCC2)c(F)c1F.Cl.Cl. The molecule has 1 heterocycles. The normalized spacial score (nSPS) is 20.5. The van der Waals surface area contributed by atoms with Gasteiger partial charge in [0, 0.05) is 37.8 Å². The third-order valence-corrected chi connectivity index (χ3v) is 4.77. The molecule has 0 radical (unpaired) electrons. The Hall–Kier alpha value is -0.420. The van der Waals surface area contributed by atoms with E-state index in [4.69, 9.17) is 0 Å². The van der Waals surface area contributed by atoms with Crippen LogP contribution in [-0.4, -0.2) is 31.1 Å². The van der Waals surface area contributed by atoms with Crippen molar-refractivity contribution in [2.24, 2.45) is 5.92 Å². The Morgan fingerprint density at radius 2 is 1.73 bits per heavy atom. The summed E-state index contributed by atoms with van der Waals surface area (Å²) >= 11 is 0. The van der Waals surface area contributed by atoms with E-state index in [0.717, 1.165) is 39.0 Å². The van der Waals surface area contributed by atoms with E-state index in [1.165, 1.54) is 6.42 Å². The van der Waals surface area contributed by atoms with Crippen LogP contribution >= 0.6 is 24.8 Å². The van der Waals surface area contributed by atoms with Crippen molar-refractivity contribution in [3.8, 4) is 0 Å². The number of halogens is 4. The molecule has 1 saturated carbocycles. The Kier molecular flexibility index (Phi) is 7.53. The van der Waals surface area contributed by atoms with E-state index in [-0.39, 0.29) is 30.9 Å². The van der Waals surface area contributed by atoms with Crippen LogP contribution in [0.15, 0.2) is 12.1 Å². The maximum absolute atomic E-state index is 14.4. The first-order chi connectivity index (χ1) is 9.68. The molecule has 22 heavy (non-hydrogen) atoms. The number of piperazine rings is 1. The lowest BCUT2D eigenvalue weighted by molar-refractivity contribution is 0.0806. The Bertz CT molecular complexity index is 489. The monoisotopic (exact) mass is 352 g/mol. The Balaban J connectivity index is 0.00000121. The molecule has 2 fully saturated rings. The summed E-state index contributed by atoms with van der Waals surface area (Å²) in [7, 11) is 0. The van der Waals surface area contributed by atoms with Gasteiger partial charge in [0.2, 0.25) is 0 Å². The van der Waals surface area contributed by atoms with Crippen molar-refractivity contribution < 1.29 is 8.78 Å². The zero-order chi connectivity index (χ0) is 14.1.